The van der Waals surface area contributed by atoms with Crippen LogP contribution < -0.4 is 5.32 Å². The first-order valence-corrected chi connectivity index (χ1v) is 7.12. The fourth-order valence-electron chi connectivity index (χ4n) is 1.63. The third-order valence-corrected chi connectivity index (χ3v) is 3.76. The van der Waals surface area contributed by atoms with Crippen molar-refractivity contribution in [3.8, 4) is 0 Å². The third-order valence-electron chi connectivity index (χ3n) is 2.44. The Labute approximate surface area is 113 Å². The SMILES string of the molecule is CC(=O)NC(CS(=O)Cc1cc(C)nn1C)C(=O)O. The minimum atomic E-state index is -1.39. The number of nitrogens with zero attached hydrogens (tertiary/aromatic N) is 2. The Hall–Kier alpha value is -1.70. The van der Waals surface area contributed by atoms with Crippen LogP contribution >= 0.6 is 0 Å². The van der Waals surface area contributed by atoms with Crippen molar-refractivity contribution in [2.45, 2.75) is 25.6 Å². The predicted molar refractivity (Wildman–Crippen MR) is 69.9 cm³/mol. The lowest BCUT2D eigenvalue weighted by Gasteiger charge is -2.12. The van der Waals surface area contributed by atoms with Crippen LogP contribution in [0.4, 0.5) is 0 Å². The van der Waals surface area contributed by atoms with Crippen LogP contribution in [0.1, 0.15) is 18.3 Å². The van der Waals surface area contributed by atoms with Crippen LogP contribution in [0.5, 0.6) is 0 Å². The van der Waals surface area contributed by atoms with E-state index in [4.69, 9.17) is 5.11 Å². The number of aromatic nitrogens is 2. The molecule has 1 aromatic rings. The zero-order valence-electron chi connectivity index (χ0n) is 11.0. The van der Waals surface area contributed by atoms with Crippen molar-refractivity contribution in [2.24, 2.45) is 7.05 Å². The Morgan fingerprint density at radius 1 is 1.58 bits per heavy atom. The van der Waals surface area contributed by atoms with Gasteiger partial charge in [-0.15, -0.1) is 0 Å². The van der Waals surface area contributed by atoms with Crippen LogP contribution in [-0.2, 0) is 33.2 Å². The summed E-state index contributed by atoms with van der Waals surface area (Å²) < 4.78 is 13.5. The summed E-state index contributed by atoms with van der Waals surface area (Å²) in [5.41, 5.74) is 1.58. The molecule has 0 aliphatic heterocycles. The second-order valence-corrected chi connectivity index (χ2v) is 5.74. The van der Waals surface area contributed by atoms with Gasteiger partial charge in [-0.1, -0.05) is 0 Å². The van der Waals surface area contributed by atoms with E-state index in [1.165, 1.54) is 6.92 Å². The molecule has 2 N–H and O–H groups in total. The lowest BCUT2D eigenvalue weighted by atomic mass is 10.3. The van der Waals surface area contributed by atoms with Gasteiger partial charge in [-0.3, -0.25) is 13.7 Å². The second kappa shape index (κ2) is 6.46. The largest absolute Gasteiger partial charge is 0.480 e. The average molecular weight is 287 g/mol. The van der Waals surface area contributed by atoms with E-state index in [0.717, 1.165) is 11.4 Å². The number of carboxylic acid groups (broad SMARTS) is 1. The topological polar surface area (TPSA) is 101 Å². The first-order valence-electron chi connectivity index (χ1n) is 5.64. The highest BCUT2D eigenvalue weighted by atomic mass is 32.2. The van der Waals surface area contributed by atoms with E-state index in [2.05, 4.69) is 10.4 Å². The Kier molecular flexibility index (Phi) is 5.22. The summed E-state index contributed by atoms with van der Waals surface area (Å²) in [5.74, 6) is -1.56. The molecule has 0 aliphatic carbocycles. The molecule has 19 heavy (non-hydrogen) atoms. The molecule has 106 valence electrons. The Balaban J connectivity index is 2.65. The number of carbonyl (C=O) groups is 2. The molecule has 8 heteroatoms. The number of hydrogen-bond acceptors (Lipinski definition) is 4. The molecular formula is C11H17N3O4S. The first-order chi connectivity index (χ1) is 8.79. The van der Waals surface area contributed by atoms with E-state index in [1.54, 1.807) is 17.8 Å². The molecule has 1 rings (SSSR count). The van der Waals surface area contributed by atoms with Gasteiger partial charge in [0.1, 0.15) is 6.04 Å². The summed E-state index contributed by atoms with van der Waals surface area (Å²) in [5, 5.41) is 15.3. The number of carboxylic acids is 1. The fraction of sp³-hybridized carbons (Fsp3) is 0.545. The van der Waals surface area contributed by atoms with Crippen molar-refractivity contribution >= 4 is 22.7 Å². The van der Waals surface area contributed by atoms with E-state index in [1.807, 2.05) is 6.92 Å². The van der Waals surface area contributed by atoms with E-state index in [-0.39, 0.29) is 11.5 Å². The van der Waals surface area contributed by atoms with Crippen molar-refractivity contribution < 1.29 is 18.9 Å². The molecule has 0 spiro atoms. The summed E-state index contributed by atoms with van der Waals surface area (Å²) in [6.07, 6.45) is 0. The Bertz CT molecular complexity index is 512. The fourth-order valence-corrected chi connectivity index (χ4v) is 2.94. The maximum absolute atomic E-state index is 11.9. The van der Waals surface area contributed by atoms with Gasteiger partial charge in [0.15, 0.2) is 0 Å². The number of rotatable bonds is 6. The zero-order chi connectivity index (χ0) is 14.6. The van der Waals surface area contributed by atoms with Gasteiger partial charge in [-0.05, 0) is 13.0 Å². The van der Waals surface area contributed by atoms with Crippen LogP contribution in [-0.4, -0.2) is 42.8 Å². The summed E-state index contributed by atoms with van der Waals surface area (Å²) in [4.78, 5) is 21.8. The van der Waals surface area contributed by atoms with Crippen molar-refractivity contribution in [1.29, 1.82) is 0 Å². The number of amides is 1. The van der Waals surface area contributed by atoms with E-state index < -0.39 is 28.7 Å². The smallest absolute Gasteiger partial charge is 0.327 e. The van der Waals surface area contributed by atoms with Gasteiger partial charge in [0.25, 0.3) is 0 Å². The summed E-state index contributed by atoms with van der Waals surface area (Å²) in [7, 11) is 0.347. The number of aliphatic carboxylic acids is 1. The molecule has 1 aromatic heterocycles. The summed E-state index contributed by atoms with van der Waals surface area (Å²) >= 11 is 0. The third kappa shape index (κ3) is 4.82. The molecule has 0 aromatic carbocycles. The number of aryl methyl sites for hydroxylation is 2. The van der Waals surface area contributed by atoms with E-state index >= 15 is 0 Å². The maximum Gasteiger partial charge on any atom is 0.327 e. The van der Waals surface area contributed by atoms with Crippen LogP contribution in [0.2, 0.25) is 0 Å². The minimum Gasteiger partial charge on any atom is -0.480 e. The molecule has 1 heterocycles. The van der Waals surface area contributed by atoms with Crippen LogP contribution in [0.3, 0.4) is 0 Å². The van der Waals surface area contributed by atoms with Crippen LogP contribution in [0.25, 0.3) is 0 Å². The molecule has 2 unspecified atom stereocenters. The monoisotopic (exact) mass is 287 g/mol. The van der Waals surface area contributed by atoms with Gasteiger partial charge in [-0.25, -0.2) is 4.79 Å². The predicted octanol–water partition coefficient (Wildman–Crippen LogP) is -0.433. The number of carbonyl (C=O) groups excluding carboxylic acids is 1. The highest BCUT2D eigenvalue weighted by Gasteiger charge is 2.21. The van der Waals surface area contributed by atoms with E-state index in [9.17, 15) is 13.8 Å². The van der Waals surface area contributed by atoms with Crippen molar-refractivity contribution in [3.63, 3.8) is 0 Å². The molecule has 7 nitrogen and oxygen atoms in total. The van der Waals surface area contributed by atoms with Gasteiger partial charge in [0, 0.05) is 24.8 Å². The zero-order valence-corrected chi connectivity index (χ0v) is 11.9. The molecule has 1 amide bonds. The molecule has 0 fully saturated rings. The molecular weight excluding hydrogens is 270 g/mol. The second-order valence-electron chi connectivity index (χ2n) is 4.24. The Morgan fingerprint density at radius 2 is 2.21 bits per heavy atom. The average Bonchev–Trinajstić information content (AvgIpc) is 2.55. The number of nitrogens with one attached hydrogen (secondary N) is 1. The van der Waals surface area contributed by atoms with Gasteiger partial charge in [0.2, 0.25) is 5.91 Å². The summed E-state index contributed by atoms with van der Waals surface area (Å²) in [6, 6.07) is 0.666. The summed E-state index contributed by atoms with van der Waals surface area (Å²) in [6.45, 7) is 3.05. The van der Waals surface area contributed by atoms with Crippen molar-refractivity contribution in [2.75, 3.05) is 5.75 Å². The normalized spacial score (nSPS) is 13.8. The van der Waals surface area contributed by atoms with Gasteiger partial charge in [0.05, 0.1) is 22.9 Å². The molecule has 2 atom stereocenters. The van der Waals surface area contributed by atoms with Crippen LogP contribution in [0.15, 0.2) is 6.07 Å². The highest BCUT2D eigenvalue weighted by Crippen LogP contribution is 2.06. The molecule has 0 saturated heterocycles. The van der Waals surface area contributed by atoms with E-state index in [0.29, 0.717) is 0 Å². The molecule has 0 aliphatic rings. The standard InChI is InChI=1S/C11H17N3O4S/c1-7-4-9(14(3)13-7)5-19(18)6-10(11(16)17)12-8(2)15/h4,10H,5-6H2,1-3H3,(H,12,15)(H,16,17). The van der Waals surface area contributed by atoms with Crippen molar-refractivity contribution in [1.82, 2.24) is 15.1 Å². The Morgan fingerprint density at radius 3 is 2.63 bits per heavy atom. The van der Waals surface area contributed by atoms with Crippen LogP contribution in [0, 0.1) is 6.92 Å². The van der Waals surface area contributed by atoms with Gasteiger partial charge in [-0.2, -0.15) is 5.10 Å². The maximum atomic E-state index is 11.9. The highest BCUT2D eigenvalue weighted by molar-refractivity contribution is 7.84. The first kappa shape index (κ1) is 15.4. The van der Waals surface area contributed by atoms with Gasteiger partial charge < -0.3 is 10.4 Å². The molecule has 0 radical (unpaired) electrons. The van der Waals surface area contributed by atoms with Gasteiger partial charge >= 0.3 is 5.97 Å². The molecule has 0 bridgehead atoms. The quantitative estimate of drug-likeness (QED) is 0.739. The lowest BCUT2D eigenvalue weighted by Crippen LogP contribution is -2.43. The van der Waals surface area contributed by atoms with Crippen molar-refractivity contribution in [3.05, 3.63) is 17.5 Å². The lowest BCUT2D eigenvalue weighted by molar-refractivity contribution is -0.140. The minimum absolute atomic E-state index is 0.126. The number of hydrogen-bond donors (Lipinski definition) is 2. The molecule has 0 saturated carbocycles.